The van der Waals surface area contributed by atoms with Gasteiger partial charge in [-0.2, -0.15) is 0 Å². The van der Waals surface area contributed by atoms with E-state index >= 15 is 8.78 Å². The zero-order chi connectivity index (χ0) is 48.1. The van der Waals surface area contributed by atoms with Crippen LogP contribution in [-0.4, -0.2) is 138 Å². The molecule has 6 heterocycles. The molecule has 0 aromatic carbocycles. The van der Waals surface area contributed by atoms with Gasteiger partial charge >= 0.3 is 32.4 Å². The molecule has 3 aromatic heterocycles. The number of nitrogens with one attached hydrogen (secondary N) is 4. The van der Waals surface area contributed by atoms with E-state index in [1.54, 1.807) is 13.8 Å². The number of hydrogen-bond donors (Lipinski definition) is 8. The number of urea groups is 1. The van der Waals surface area contributed by atoms with E-state index in [0.29, 0.717) is 11.0 Å². The molecule has 10 N–H and O–H groups in total. The van der Waals surface area contributed by atoms with Crippen LogP contribution < -0.4 is 38.7 Å². The van der Waals surface area contributed by atoms with Crippen LogP contribution in [0.4, 0.5) is 24.2 Å². The number of anilines is 1. The number of H-pyrrole nitrogens is 1. The quantitative estimate of drug-likeness (QED) is 0.0721. The van der Waals surface area contributed by atoms with Gasteiger partial charge in [-0.1, -0.05) is 13.8 Å². The molecule has 0 aliphatic carbocycles. The molecule has 27 nitrogen and oxygen atoms in total. The largest absolute Gasteiger partial charge is 0.472 e. The first-order valence-corrected chi connectivity index (χ1v) is 24.2. The number of alkyl halides is 2. The average Bonchev–Trinajstić information content (AvgIpc) is 3.90. The average molecular weight is 998 g/mol. The van der Waals surface area contributed by atoms with Crippen molar-refractivity contribution in [3.8, 4) is 0 Å². The van der Waals surface area contributed by atoms with E-state index in [0.717, 1.165) is 29.5 Å². The van der Waals surface area contributed by atoms with Crippen LogP contribution in [0.25, 0.3) is 11.2 Å². The molecule has 3 aliphatic rings. The number of Topliss-reactive ketones (excluding diaryl/α,β-unsaturated/α-hetero) is 1. The highest BCUT2D eigenvalue weighted by atomic mass is 32.5. The van der Waals surface area contributed by atoms with Gasteiger partial charge in [0.25, 0.3) is 5.56 Å². The summed E-state index contributed by atoms with van der Waals surface area (Å²) in [6.07, 6.45) is -12.9. The Bertz CT molecular complexity index is 2490. The van der Waals surface area contributed by atoms with E-state index in [-0.39, 0.29) is 61.1 Å². The first kappa shape index (κ1) is 50.7. The Hall–Kier alpha value is -4.71. The molecular formula is C34H47F2N11O16P2S. The predicted molar refractivity (Wildman–Crippen MR) is 223 cm³/mol. The number of nitrogens with two attached hydrogens (primary N) is 2. The highest BCUT2D eigenvalue weighted by Gasteiger charge is 2.54. The van der Waals surface area contributed by atoms with Gasteiger partial charge in [0.1, 0.15) is 30.7 Å². The van der Waals surface area contributed by atoms with E-state index in [4.69, 9.17) is 55.6 Å². The highest BCUT2D eigenvalue weighted by molar-refractivity contribution is 8.07. The van der Waals surface area contributed by atoms with E-state index < -0.39 is 118 Å². The van der Waals surface area contributed by atoms with Gasteiger partial charge in [-0.15, -0.1) is 0 Å². The Kier molecular flexibility index (Phi) is 16.5. The number of carbonyl (C=O) groups is 4. The summed E-state index contributed by atoms with van der Waals surface area (Å²) in [5, 5.41) is 7.42. The number of carbonyl (C=O) groups excluding carboxylic acids is 4. The van der Waals surface area contributed by atoms with Crippen molar-refractivity contribution in [1.82, 2.24) is 39.7 Å². The fourth-order valence-electron chi connectivity index (χ4n) is 6.94. The Morgan fingerprint density at radius 2 is 1.68 bits per heavy atom. The molecule has 364 valence electrons. The summed E-state index contributed by atoms with van der Waals surface area (Å²) in [4.78, 5) is 109. The lowest BCUT2D eigenvalue weighted by Crippen LogP contribution is -2.50. The van der Waals surface area contributed by atoms with Crippen molar-refractivity contribution in [1.29, 1.82) is 0 Å². The number of rotatable bonds is 15. The molecule has 12 atom stereocenters. The zero-order valence-electron chi connectivity index (χ0n) is 34.9. The minimum absolute atomic E-state index is 0.0441. The number of aromatic amines is 1. The van der Waals surface area contributed by atoms with Crippen molar-refractivity contribution in [3.63, 3.8) is 0 Å². The molecule has 66 heavy (non-hydrogen) atoms. The van der Waals surface area contributed by atoms with Crippen LogP contribution in [0.3, 0.4) is 0 Å². The standard InChI is InChI=1S/C34H47F2N11O16P2S/c1-15(2)23(37)29(50)43-16(5-3-8-39-32(38)51)17(48)6-4-10-57-34(53)45-27-24-28(41-13-40-27)47(14-42-24)31-21(35)25-19(61-31)12-59-65(56,66)63-26-18(11-58-64(54,55)62-25)60-30(22(26)36)46-9-7-20(49)44-33(46)52/h7,9,13-16,18-19,21-23,25-26,30-31H,3-6,8,10-12,37H2,1-2H3,(H,43,50)(H,54,55)(H,56,66)(H3,38,39,51)(H,44,49,52)(H,40,41,45,53)/t16?,18-,19-,21-,22-,23?,25-,26-,30-,31-,65?/m1/s1. The van der Waals surface area contributed by atoms with Gasteiger partial charge in [0.05, 0.1) is 38.2 Å². The Labute approximate surface area is 376 Å². The molecule has 4 amide bonds. The van der Waals surface area contributed by atoms with Crippen molar-refractivity contribution in [2.75, 3.05) is 31.7 Å². The smallest absolute Gasteiger partial charge is 0.449 e. The lowest BCUT2D eigenvalue weighted by Gasteiger charge is -2.28. The van der Waals surface area contributed by atoms with Gasteiger partial charge in [-0.25, -0.2) is 42.7 Å². The maximum Gasteiger partial charge on any atom is 0.472 e. The summed E-state index contributed by atoms with van der Waals surface area (Å²) >= 11 is 5.09. The number of phosphoric acid groups is 1. The summed E-state index contributed by atoms with van der Waals surface area (Å²) < 4.78 is 84.8. The molecule has 6 rings (SSSR count). The number of aromatic nitrogens is 6. The topological polar surface area (TPSA) is 377 Å². The first-order valence-electron chi connectivity index (χ1n) is 20.1. The molecular weight excluding hydrogens is 950 g/mol. The minimum atomic E-state index is -5.27. The summed E-state index contributed by atoms with van der Waals surface area (Å²) in [5.41, 5.74) is 8.93. The molecule has 0 spiro atoms. The van der Waals surface area contributed by atoms with Crippen LogP contribution in [0, 0.1) is 5.92 Å². The predicted octanol–water partition coefficient (Wildman–Crippen LogP) is -0.204. The second-order valence-corrected chi connectivity index (χ2v) is 19.5. The molecule has 3 aromatic rings. The molecule has 3 aliphatic heterocycles. The van der Waals surface area contributed by atoms with E-state index in [1.807, 2.05) is 4.98 Å². The van der Waals surface area contributed by atoms with Crippen LogP contribution >= 0.6 is 14.5 Å². The maximum atomic E-state index is 16.4. The molecule has 32 heteroatoms. The SMILES string of the molecule is CC(C)C(N)C(=O)NC(CCCNC(N)=O)C(=O)CCCOC(=O)Nc1ncnc2c1ncn2[C@@H]1O[C@@H]2COP(O)(=S)O[C@H]3[C@@H](F)[C@H](n4ccc(=O)[nH]c4=O)O[C@@H]3COP(=O)(O)O[C@H]2[C@H]1F. The first-order chi connectivity index (χ1) is 31.1. The van der Waals surface area contributed by atoms with E-state index in [9.17, 15) is 43.1 Å². The molecule has 3 saturated heterocycles. The van der Waals surface area contributed by atoms with E-state index in [1.165, 1.54) is 0 Å². The normalized spacial score (nSPS) is 30.0. The lowest BCUT2D eigenvalue weighted by atomic mass is 10.00. The number of hydrogen-bond acceptors (Lipinski definition) is 19. The fourth-order valence-corrected chi connectivity index (χ4v) is 9.33. The van der Waals surface area contributed by atoms with Gasteiger partial charge in [-0.3, -0.25) is 47.4 Å². The third-order valence-electron chi connectivity index (χ3n) is 10.3. The van der Waals surface area contributed by atoms with Crippen molar-refractivity contribution < 1.29 is 74.6 Å². The molecule has 0 bridgehead atoms. The van der Waals surface area contributed by atoms with Crippen LogP contribution in [0.5, 0.6) is 0 Å². The lowest BCUT2D eigenvalue weighted by molar-refractivity contribution is -0.129. The van der Waals surface area contributed by atoms with Crippen molar-refractivity contribution in [3.05, 3.63) is 45.8 Å². The number of fused-ring (bicyclic) bond motifs is 3. The summed E-state index contributed by atoms with van der Waals surface area (Å²) in [5.74, 6) is -1.32. The number of primary amides is 1. The van der Waals surface area contributed by atoms with Crippen molar-refractivity contribution in [2.45, 2.75) is 101 Å². The van der Waals surface area contributed by atoms with Crippen molar-refractivity contribution >= 4 is 67.1 Å². The highest BCUT2D eigenvalue weighted by Crippen LogP contribution is 2.54. The van der Waals surface area contributed by atoms with Gasteiger partial charge in [0, 0.05) is 25.2 Å². The second-order valence-electron chi connectivity index (χ2n) is 15.3. The van der Waals surface area contributed by atoms with Crippen LogP contribution in [0.1, 0.15) is 52.0 Å². The maximum absolute atomic E-state index is 16.4. The second kappa shape index (κ2) is 21.5. The summed E-state index contributed by atoms with van der Waals surface area (Å²) in [6.45, 7) is -2.92. The third kappa shape index (κ3) is 12.4. The third-order valence-corrected chi connectivity index (χ3v) is 12.9. The fraction of sp³-hybridized carbons (Fsp3) is 0.618. The summed E-state index contributed by atoms with van der Waals surface area (Å²) in [6, 6.07) is -1.65. The van der Waals surface area contributed by atoms with Crippen LogP contribution in [-0.2, 0) is 58.3 Å². The minimum Gasteiger partial charge on any atom is -0.449 e. The number of ether oxygens (including phenoxy) is 3. The van der Waals surface area contributed by atoms with Gasteiger partial charge in [0.2, 0.25) is 5.91 Å². The van der Waals surface area contributed by atoms with Gasteiger partial charge in [0.15, 0.2) is 47.6 Å². The van der Waals surface area contributed by atoms with E-state index in [2.05, 4.69) is 30.9 Å². The number of imidazole rings is 1. The monoisotopic (exact) mass is 997 g/mol. The zero-order valence-corrected chi connectivity index (χ0v) is 37.5. The summed E-state index contributed by atoms with van der Waals surface area (Å²) in [7, 11) is -5.27. The molecule has 3 fully saturated rings. The molecule has 0 saturated carbocycles. The van der Waals surface area contributed by atoms with Crippen LogP contribution in [0.2, 0.25) is 0 Å². The van der Waals surface area contributed by atoms with Gasteiger partial charge in [-0.05, 0) is 37.0 Å². The molecule has 4 unspecified atom stereocenters. The Morgan fingerprint density at radius 3 is 2.35 bits per heavy atom. The van der Waals surface area contributed by atoms with Crippen molar-refractivity contribution in [2.24, 2.45) is 17.4 Å². The number of amides is 4. The number of nitrogens with zero attached hydrogens (tertiary/aromatic N) is 5. The Morgan fingerprint density at radius 1 is 1.02 bits per heavy atom. The van der Waals surface area contributed by atoms with Gasteiger partial charge < -0.3 is 50.6 Å². The van der Waals surface area contributed by atoms with Crippen LogP contribution in [0.15, 0.2) is 34.5 Å². The molecule has 0 radical (unpaired) electrons. The number of halogens is 2. The Balaban J connectivity index is 1.08. The number of ketones is 1. The number of phosphoric ester groups is 1.